The lowest BCUT2D eigenvalue weighted by Crippen LogP contribution is -2.13. The van der Waals surface area contributed by atoms with E-state index in [1.54, 1.807) is 0 Å². The van der Waals surface area contributed by atoms with Gasteiger partial charge in [-0.15, -0.1) is 0 Å². The van der Waals surface area contributed by atoms with Gasteiger partial charge in [-0.1, -0.05) is 0 Å². The molecule has 3 nitrogen and oxygen atoms in total. The van der Waals surface area contributed by atoms with Crippen LogP contribution in [0.4, 0.5) is 10.1 Å². The summed E-state index contributed by atoms with van der Waals surface area (Å²) in [6, 6.07) is 1.26. The van der Waals surface area contributed by atoms with Crippen LogP contribution in [0.25, 0.3) is 0 Å². The summed E-state index contributed by atoms with van der Waals surface area (Å²) in [5.41, 5.74) is 0.428. The highest BCUT2D eigenvalue weighted by Gasteiger charge is 2.29. The molecule has 0 unspecified atom stereocenters. The van der Waals surface area contributed by atoms with Crippen LogP contribution in [0.3, 0.4) is 0 Å². The lowest BCUT2D eigenvalue weighted by Gasteiger charge is -2.02. The Morgan fingerprint density at radius 2 is 2.31 bits per heavy atom. The van der Waals surface area contributed by atoms with Gasteiger partial charge in [0.2, 0.25) is 5.91 Å². The predicted molar refractivity (Wildman–Crippen MR) is 45.5 cm³/mol. The number of rotatable bonds is 2. The lowest BCUT2D eigenvalue weighted by atomic mass is 10.3. The number of carbonyl (C=O) groups is 1. The first-order valence-corrected chi connectivity index (χ1v) is 4.17. The van der Waals surface area contributed by atoms with E-state index in [0.717, 1.165) is 19.0 Å². The minimum absolute atomic E-state index is 0.0348. The molecular weight excluding hydrogens is 171 g/mol. The summed E-state index contributed by atoms with van der Waals surface area (Å²) in [5, 5.41) is 2.60. The van der Waals surface area contributed by atoms with Crippen molar-refractivity contribution in [3.8, 4) is 0 Å². The second kappa shape index (κ2) is 3.12. The van der Waals surface area contributed by atoms with E-state index in [-0.39, 0.29) is 11.8 Å². The fourth-order valence-electron chi connectivity index (χ4n) is 1.07. The molecule has 1 aromatic heterocycles. The minimum atomic E-state index is -0.436. The van der Waals surface area contributed by atoms with E-state index in [1.165, 1.54) is 12.3 Å². The number of halogens is 1. The maximum Gasteiger partial charge on any atom is 0.227 e. The van der Waals surface area contributed by atoms with E-state index in [0.29, 0.717) is 5.69 Å². The van der Waals surface area contributed by atoms with Gasteiger partial charge < -0.3 is 5.32 Å². The Morgan fingerprint density at radius 1 is 1.54 bits per heavy atom. The monoisotopic (exact) mass is 180 g/mol. The van der Waals surface area contributed by atoms with Crippen molar-refractivity contribution in [2.24, 2.45) is 5.92 Å². The quantitative estimate of drug-likeness (QED) is 0.750. The van der Waals surface area contributed by atoms with Crippen molar-refractivity contribution in [1.29, 1.82) is 0 Å². The molecule has 1 amide bonds. The van der Waals surface area contributed by atoms with E-state index in [2.05, 4.69) is 10.3 Å². The summed E-state index contributed by atoms with van der Waals surface area (Å²) in [6.45, 7) is 0. The van der Waals surface area contributed by atoms with Crippen molar-refractivity contribution in [2.75, 3.05) is 5.32 Å². The molecular formula is C9H9FN2O. The van der Waals surface area contributed by atoms with Crippen LogP contribution < -0.4 is 5.32 Å². The summed E-state index contributed by atoms with van der Waals surface area (Å²) < 4.78 is 12.6. The summed E-state index contributed by atoms with van der Waals surface area (Å²) in [7, 11) is 0. The number of hydrogen-bond acceptors (Lipinski definition) is 2. The van der Waals surface area contributed by atoms with Crippen molar-refractivity contribution < 1.29 is 9.18 Å². The molecule has 13 heavy (non-hydrogen) atoms. The van der Waals surface area contributed by atoms with Crippen molar-refractivity contribution in [1.82, 2.24) is 4.98 Å². The predicted octanol–water partition coefficient (Wildman–Crippen LogP) is 1.57. The first-order valence-electron chi connectivity index (χ1n) is 4.17. The van der Waals surface area contributed by atoms with Gasteiger partial charge in [0.05, 0.1) is 18.1 Å². The van der Waals surface area contributed by atoms with Gasteiger partial charge in [0.15, 0.2) is 0 Å². The third-order valence-corrected chi connectivity index (χ3v) is 1.92. The van der Waals surface area contributed by atoms with E-state index in [9.17, 15) is 9.18 Å². The molecule has 1 aliphatic carbocycles. The molecule has 1 N–H and O–H groups in total. The van der Waals surface area contributed by atoms with E-state index in [4.69, 9.17) is 0 Å². The zero-order valence-corrected chi connectivity index (χ0v) is 6.96. The minimum Gasteiger partial charge on any atom is -0.324 e. The SMILES string of the molecule is O=C(Nc1cncc(F)c1)C1CC1. The molecule has 0 spiro atoms. The molecule has 0 bridgehead atoms. The van der Waals surface area contributed by atoms with Crippen LogP contribution in [0, 0.1) is 11.7 Å². The second-order valence-electron chi connectivity index (χ2n) is 3.16. The van der Waals surface area contributed by atoms with Gasteiger partial charge in [-0.25, -0.2) is 4.39 Å². The van der Waals surface area contributed by atoms with E-state index < -0.39 is 5.82 Å². The van der Waals surface area contributed by atoms with Gasteiger partial charge in [0.25, 0.3) is 0 Å². The number of aromatic nitrogens is 1. The van der Waals surface area contributed by atoms with Crippen molar-refractivity contribution >= 4 is 11.6 Å². The number of carbonyl (C=O) groups excluding carboxylic acids is 1. The standard InChI is InChI=1S/C9H9FN2O/c10-7-3-8(5-11-4-7)12-9(13)6-1-2-6/h3-6H,1-2H2,(H,12,13). The summed E-state index contributed by atoms with van der Waals surface area (Å²) >= 11 is 0. The van der Waals surface area contributed by atoms with Gasteiger partial charge in [0, 0.05) is 12.0 Å². The number of pyridine rings is 1. The molecule has 0 atom stereocenters. The Kier molecular flexibility index (Phi) is 1.96. The van der Waals surface area contributed by atoms with Crippen LogP contribution in [0.2, 0.25) is 0 Å². The Balaban J connectivity index is 2.04. The Morgan fingerprint density at radius 3 is 2.92 bits per heavy atom. The molecule has 4 heteroatoms. The average Bonchev–Trinajstić information content (AvgIpc) is 2.85. The van der Waals surface area contributed by atoms with Crippen molar-refractivity contribution in [3.63, 3.8) is 0 Å². The van der Waals surface area contributed by atoms with Crippen LogP contribution in [0.5, 0.6) is 0 Å². The highest BCUT2D eigenvalue weighted by atomic mass is 19.1. The molecule has 0 radical (unpaired) electrons. The van der Waals surface area contributed by atoms with Crippen LogP contribution in [-0.2, 0) is 4.79 Å². The second-order valence-corrected chi connectivity index (χ2v) is 3.16. The smallest absolute Gasteiger partial charge is 0.227 e. The fraction of sp³-hybridized carbons (Fsp3) is 0.333. The van der Waals surface area contributed by atoms with Gasteiger partial charge in [-0.2, -0.15) is 0 Å². The number of amides is 1. The van der Waals surface area contributed by atoms with Gasteiger partial charge in [-0.05, 0) is 12.8 Å². The zero-order valence-electron chi connectivity index (χ0n) is 6.96. The topological polar surface area (TPSA) is 42.0 Å². The lowest BCUT2D eigenvalue weighted by molar-refractivity contribution is -0.117. The number of nitrogens with zero attached hydrogens (tertiary/aromatic N) is 1. The van der Waals surface area contributed by atoms with Crippen molar-refractivity contribution in [2.45, 2.75) is 12.8 Å². The largest absolute Gasteiger partial charge is 0.324 e. The molecule has 1 heterocycles. The van der Waals surface area contributed by atoms with Crippen LogP contribution >= 0.6 is 0 Å². The Labute approximate surface area is 75.0 Å². The summed E-state index contributed by atoms with van der Waals surface area (Å²) in [5.74, 6) is -0.343. The molecule has 68 valence electrons. The number of nitrogens with one attached hydrogen (secondary N) is 1. The zero-order chi connectivity index (χ0) is 9.26. The fourth-order valence-corrected chi connectivity index (χ4v) is 1.07. The summed E-state index contributed by atoms with van der Waals surface area (Å²) in [4.78, 5) is 14.9. The molecule has 0 aromatic carbocycles. The third-order valence-electron chi connectivity index (χ3n) is 1.92. The maximum absolute atomic E-state index is 12.6. The highest BCUT2D eigenvalue weighted by Crippen LogP contribution is 2.30. The first-order chi connectivity index (χ1) is 6.25. The molecule has 1 aromatic rings. The average molecular weight is 180 g/mol. The molecule has 1 fully saturated rings. The van der Waals surface area contributed by atoms with Crippen LogP contribution in [0.15, 0.2) is 18.5 Å². The van der Waals surface area contributed by atoms with Crippen LogP contribution in [0.1, 0.15) is 12.8 Å². The molecule has 0 saturated heterocycles. The van der Waals surface area contributed by atoms with Gasteiger partial charge in [-0.3, -0.25) is 9.78 Å². The molecule has 1 aliphatic rings. The van der Waals surface area contributed by atoms with E-state index >= 15 is 0 Å². The highest BCUT2D eigenvalue weighted by molar-refractivity contribution is 5.93. The third kappa shape index (κ3) is 2.02. The number of anilines is 1. The molecule has 0 aliphatic heterocycles. The normalized spacial score (nSPS) is 15.5. The first kappa shape index (κ1) is 8.16. The Bertz CT molecular complexity index is 336. The maximum atomic E-state index is 12.6. The molecule has 2 rings (SSSR count). The molecule has 1 saturated carbocycles. The van der Waals surface area contributed by atoms with Crippen LogP contribution in [-0.4, -0.2) is 10.9 Å². The number of hydrogen-bond donors (Lipinski definition) is 1. The Hall–Kier alpha value is -1.45. The van der Waals surface area contributed by atoms with Crippen molar-refractivity contribution in [3.05, 3.63) is 24.3 Å². The summed E-state index contributed by atoms with van der Waals surface area (Å²) in [6.07, 6.45) is 4.42. The van der Waals surface area contributed by atoms with Gasteiger partial charge >= 0.3 is 0 Å². The van der Waals surface area contributed by atoms with Gasteiger partial charge in [0.1, 0.15) is 5.82 Å². The van der Waals surface area contributed by atoms with E-state index in [1.807, 2.05) is 0 Å².